The number of anilines is 1. The minimum atomic E-state index is -0.321. The fourth-order valence-electron chi connectivity index (χ4n) is 3.04. The van der Waals surface area contributed by atoms with E-state index in [-0.39, 0.29) is 11.9 Å². The van der Waals surface area contributed by atoms with E-state index in [1.54, 1.807) is 0 Å². The van der Waals surface area contributed by atoms with Crippen LogP contribution in [0.25, 0.3) is 0 Å². The third-order valence-electron chi connectivity index (χ3n) is 4.36. The van der Waals surface area contributed by atoms with Crippen molar-refractivity contribution in [3.8, 4) is 5.75 Å². The van der Waals surface area contributed by atoms with Gasteiger partial charge in [-0.2, -0.15) is 0 Å². The Kier molecular flexibility index (Phi) is 5.76. The maximum atomic E-state index is 13.1. The summed E-state index contributed by atoms with van der Waals surface area (Å²) in [5.74, 6) is 0.443. The Morgan fingerprint density at radius 3 is 2.56 bits per heavy atom. The number of nitrogens with one attached hydrogen (secondary N) is 3. The van der Waals surface area contributed by atoms with E-state index < -0.39 is 0 Å². The number of thiocarbonyl (C=S) groups is 1. The number of hydrogen-bond acceptors (Lipinski definition) is 3. The topological polar surface area (TPSA) is 62.4 Å². The fourth-order valence-corrected chi connectivity index (χ4v) is 3.32. The van der Waals surface area contributed by atoms with Gasteiger partial charge in [-0.1, -0.05) is 42.0 Å². The predicted molar refractivity (Wildman–Crippen MR) is 112 cm³/mol. The molecule has 0 aromatic heterocycles. The van der Waals surface area contributed by atoms with Gasteiger partial charge in [-0.3, -0.25) is 4.79 Å². The van der Waals surface area contributed by atoms with Crippen LogP contribution < -0.4 is 20.7 Å². The standard InChI is InChI=1S/C21H23N3O2S/c1-4-26-17-8-6-5-7-16(17)23-20(25)18-14(3)22-21(27)24-19(18)15-11-9-13(2)10-12-15/h5-12,19H,4H2,1-3H3,(H,23,25)(H2,22,24,27)/t19-/m1/s1. The van der Waals surface area contributed by atoms with Gasteiger partial charge in [-0.25, -0.2) is 0 Å². The summed E-state index contributed by atoms with van der Waals surface area (Å²) in [6.07, 6.45) is 0. The number of ether oxygens (including phenoxy) is 1. The molecule has 1 amide bonds. The van der Waals surface area contributed by atoms with Crippen molar-refractivity contribution in [2.24, 2.45) is 0 Å². The number of amides is 1. The lowest BCUT2D eigenvalue weighted by atomic mass is 9.94. The molecule has 1 aliphatic rings. The first-order valence-electron chi connectivity index (χ1n) is 8.87. The van der Waals surface area contributed by atoms with Crippen molar-refractivity contribution in [1.29, 1.82) is 0 Å². The number of para-hydroxylation sites is 2. The Morgan fingerprint density at radius 1 is 1.15 bits per heavy atom. The highest BCUT2D eigenvalue weighted by molar-refractivity contribution is 7.80. The van der Waals surface area contributed by atoms with Crippen LogP contribution in [0.15, 0.2) is 59.8 Å². The van der Waals surface area contributed by atoms with Crippen molar-refractivity contribution >= 4 is 28.9 Å². The highest BCUT2D eigenvalue weighted by Gasteiger charge is 2.30. The van der Waals surface area contributed by atoms with Crippen LogP contribution >= 0.6 is 12.2 Å². The maximum absolute atomic E-state index is 13.1. The molecule has 0 bridgehead atoms. The molecule has 1 atom stereocenters. The zero-order valence-corrected chi connectivity index (χ0v) is 16.4. The average molecular weight is 382 g/mol. The van der Waals surface area contributed by atoms with Crippen molar-refractivity contribution in [1.82, 2.24) is 10.6 Å². The lowest BCUT2D eigenvalue weighted by molar-refractivity contribution is -0.113. The normalized spacial score (nSPS) is 16.4. The summed E-state index contributed by atoms with van der Waals surface area (Å²) in [7, 11) is 0. The Morgan fingerprint density at radius 2 is 1.85 bits per heavy atom. The van der Waals surface area contributed by atoms with Crippen LogP contribution in [0.3, 0.4) is 0 Å². The average Bonchev–Trinajstić information content (AvgIpc) is 2.63. The highest BCUT2D eigenvalue weighted by atomic mass is 32.1. The molecule has 0 saturated heterocycles. The van der Waals surface area contributed by atoms with Crippen molar-refractivity contribution in [3.63, 3.8) is 0 Å². The summed E-state index contributed by atoms with van der Waals surface area (Å²) >= 11 is 5.30. The summed E-state index contributed by atoms with van der Waals surface area (Å²) in [5, 5.41) is 9.74. The van der Waals surface area contributed by atoms with Gasteiger partial charge < -0.3 is 20.7 Å². The SMILES string of the molecule is CCOc1ccccc1NC(=O)C1=C(C)NC(=S)N[C@@H]1c1ccc(C)cc1. The third-order valence-corrected chi connectivity index (χ3v) is 4.58. The van der Waals surface area contributed by atoms with E-state index in [9.17, 15) is 4.79 Å². The van der Waals surface area contributed by atoms with Crippen LogP contribution in [0.4, 0.5) is 5.69 Å². The molecule has 140 valence electrons. The van der Waals surface area contributed by atoms with Crippen molar-refractivity contribution < 1.29 is 9.53 Å². The first-order chi connectivity index (χ1) is 13.0. The van der Waals surface area contributed by atoms with E-state index in [0.29, 0.717) is 28.7 Å². The minimum absolute atomic E-state index is 0.201. The molecule has 0 spiro atoms. The maximum Gasteiger partial charge on any atom is 0.255 e. The summed E-state index contributed by atoms with van der Waals surface area (Å²) in [6, 6.07) is 15.2. The second kappa shape index (κ2) is 8.22. The summed E-state index contributed by atoms with van der Waals surface area (Å²) in [6.45, 7) is 6.33. The number of rotatable bonds is 5. The summed E-state index contributed by atoms with van der Waals surface area (Å²) in [4.78, 5) is 13.1. The second-order valence-electron chi connectivity index (χ2n) is 6.36. The van der Waals surface area contributed by atoms with E-state index in [1.165, 1.54) is 0 Å². The van der Waals surface area contributed by atoms with Gasteiger partial charge in [0.05, 0.1) is 23.9 Å². The van der Waals surface area contributed by atoms with Crippen LogP contribution in [0.1, 0.15) is 31.0 Å². The molecule has 1 heterocycles. The number of benzene rings is 2. The van der Waals surface area contributed by atoms with Crippen molar-refractivity contribution in [2.75, 3.05) is 11.9 Å². The number of hydrogen-bond donors (Lipinski definition) is 3. The van der Waals surface area contributed by atoms with Gasteiger partial charge in [0.25, 0.3) is 5.91 Å². The second-order valence-corrected chi connectivity index (χ2v) is 6.77. The number of carbonyl (C=O) groups is 1. The smallest absolute Gasteiger partial charge is 0.255 e. The zero-order chi connectivity index (χ0) is 19.4. The first kappa shape index (κ1) is 18.9. The van der Waals surface area contributed by atoms with Gasteiger partial charge in [0, 0.05) is 5.70 Å². The first-order valence-corrected chi connectivity index (χ1v) is 9.28. The summed E-state index contributed by atoms with van der Waals surface area (Å²) < 4.78 is 5.61. The zero-order valence-electron chi connectivity index (χ0n) is 15.6. The molecule has 0 aliphatic carbocycles. The summed E-state index contributed by atoms with van der Waals surface area (Å²) in [5.41, 5.74) is 4.11. The number of allylic oxidation sites excluding steroid dienone is 1. The molecule has 3 rings (SSSR count). The van der Waals surface area contributed by atoms with Crippen LogP contribution in [0.2, 0.25) is 0 Å². The molecule has 3 N–H and O–H groups in total. The van der Waals surface area contributed by atoms with E-state index in [4.69, 9.17) is 17.0 Å². The lowest BCUT2D eigenvalue weighted by Gasteiger charge is -2.30. The van der Waals surface area contributed by atoms with E-state index in [1.807, 2.05) is 69.3 Å². The molecule has 0 radical (unpaired) electrons. The van der Waals surface area contributed by atoms with Gasteiger partial charge in [0.1, 0.15) is 5.75 Å². The highest BCUT2D eigenvalue weighted by Crippen LogP contribution is 2.30. The van der Waals surface area contributed by atoms with Crippen LogP contribution in [0.5, 0.6) is 5.75 Å². The Balaban J connectivity index is 1.93. The third kappa shape index (κ3) is 4.28. The number of carbonyl (C=O) groups excluding carboxylic acids is 1. The monoisotopic (exact) mass is 381 g/mol. The molecule has 5 nitrogen and oxygen atoms in total. The minimum Gasteiger partial charge on any atom is -0.492 e. The number of aryl methyl sites for hydroxylation is 1. The van der Waals surface area contributed by atoms with E-state index >= 15 is 0 Å². The van der Waals surface area contributed by atoms with Crippen molar-refractivity contribution in [3.05, 3.63) is 70.9 Å². The molecule has 0 saturated carbocycles. The Hall–Kier alpha value is -2.86. The quantitative estimate of drug-likeness (QED) is 0.687. The van der Waals surface area contributed by atoms with Gasteiger partial charge in [0.2, 0.25) is 0 Å². The molecule has 2 aromatic rings. The predicted octanol–water partition coefficient (Wildman–Crippen LogP) is 3.83. The Bertz CT molecular complexity index is 891. The fraction of sp³-hybridized carbons (Fsp3) is 0.238. The molecule has 0 unspecified atom stereocenters. The Labute approximate surface area is 164 Å². The van der Waals surface area contributed by atoms with E-state index in [0.717, 1.165) is 16.8 Å². The molecule has 2 aromatic carbocycles. The molecule has 27 heavy (non-hydrogen) atoms. The largest absolute Gasteiger partial charge is 0.492 e. The van der Waals surface area contributed by atoms with Crippen molar-refractivity contribution in [2.45, 2.75) is 26.8 Å². The van der Waals surface area contributed by atoms with Gasteiger partial charge in [-0.15, -0.1) is 0 Å². The molecule has 0 fully saturated rings. The van der Waals surface area contributed by atoms with Crippen LogP contribution in [-0.4, -0.2) is 17.6 Å². The molecular weight excluding hydrogens is 358 g/mol. The van der Waals surface area contributed by atoms with Gasteiger partial charge >= 0.3 is 0 Å². The van der Waals surface area contributed by atoms with Crippen LogP contribution in [0, 0.1) is 6.92 Å². The van der Waals surface area contributed by atoms with E-state index in [2.05, 4.69) is 16.0 Å². The molecule has 1 aliphatic heterocycles. The van der Waals surface area contributed by atoms with Gasteiger partial charge in [-0.05, 0) is 50.7 Å². The molecular formula is C21H23N3O2S. The van der Waals surface area contributed by atoms with Gasteiger partial charge in [0.15, 0.2) is 5.11 Å². The lowest BCUT2D eigenvalue weighted by Crippen LogP contribution is -2.45. The molecule has 6 heteroatoms. The van der Waals surface area contributed by atoms with Crippen LogP contribution in [-0.2, 0) is 4.79 Å².